The quantitative estimate of drug-likeness (QED) is 0.0299. The first-order valence-electron chi connectivity index (χ1n) is 23.2. The summed E-state index contributed by atoms with van der Waals surface area (Å²) in [4.78, 5) is 27.1. The molecule has 0 saturated heterocycles. The lowest BCUT2D eigenvalue weighted by atomic mass is 9.76. The molecule has 2 unspecified atom stereocenters. The number of nitrogens with zero attached hydrogens (tertiary/aromatic N) is 6. The van der Waals surface area contributed by atoms with Crippen LogP contribution in [-0.4, -0.2) is 55.5 Å². The molecular weight excluding hydrogens is 917 g/mol. The van der Waals surface area contributed by atoms with Crippen molar-refractivity contribution in [2.45, 2.75) is 150 Å². The number of hydrogen-bond donors (Lipinski definition) is 6. The Morgan fingerprint density at radius 3 is 1.13 bits per heavy atom. The van der Waals surface area contributed by atoms with Gasteiger partial charge in [0.1, 0.15) is 11.5 Å². The molecular formula is C48H68N6O12S2. The zero-order valence-corrected chi connectivity index (χ0v) is 42.3. The molecule has 0 radical (unpaired) electrons. The zero-order chi connectivity index (χ0) is 51.0. The van der Waals surface area contributed by atoms with Crippen molar-refractivity contribution < 1.29 is 46.4 Å². The van der Waals surface area contributed by atoms with Crippen molar-refractivity contribution in [3.63, 3.8) is 0 Å². The van der Waals surface area contributed by atoms with Crippen molar-refractivity contribution in [1.82, 2.24) is 9.13 Å². The molecule has 0 saturated carbocycles. The fourth-order valence-electron chi connectivity index (χ4n) is 9.12. The third-order valence-electron chi connectivity index (χ3n) is 13.3. The van der Waals surface area contributed by atoms with Gasteiger partial charge in [0.15, 0.2) is 23.1 Å². The summed E-state index contributed by atoms with van der Waals surface area (Å²) >= 11 is 0. The smallest absolute Gasteiger partial charge is 0.281 e. The molecule has 18 nitrogen and oxygen atoms in total. The Kier molecular flexibility index (Phi) is 19.1. The molecule has 4 rings (SSSR count). The van der Waals surface area contributed by atoms with E-state index in [-0.39, 0.29) is 81.8 Å². The summed E-state index contributed by atoms with van der Waals surface area (Å²) in [5.41, 5.74) is 0.629. The Bertz CT molecular complexity index is 2660. The molecule has 0 amide bonds. The molecule has 6 N–H and O–H groups in total. The van der Waals surface area contributed by atoms with Gasteiger partial charge < -0.3 is 20.4 Å². The van der Waals surface area contributed by atoms with E-state index in [0.717, 1.165) is 33.1 Å². The second-order valence-corrected chi connectivity index (χ2v) is 20.1. The van der Waals surface area contributed by atoms with Gasteiger partial charge in [-0.05, 0) is 79.8 Å². The minimum atomic E-state index is -4.62. The van der Waals surface area contributed by atoms with E-state index in [4.69, 9.17) is 0 Å². The van der Waals surface area contributed by atoms with Crippen LogP contribution in [0.5, 0.6) is 11.8 Å². The van der Waals surface area contributed by atoms with E-state index in [1.807, 2.05) is 52.0 Å². The number of aromatic nitrogens is 2. The highest BCUT2D eigenvalue weighted by Gasteiger charge is 2.30. The van der Waals surface area contributed by atoms with Crippen molar-refractivity contribution >= 4 is 43.0 Å². The van der Waals surface area contributed by atoms with E-state index < -0.39 is 66.8 Å². The van der Waals surface area contributed by atoms with Gasteiger partial charge in [0, 0.05) is 41.3 Å². The summed E-state index contributed by atoms with van der Waals surface area (Å²) < 4.78 is 68.9. The first kappa shape index (κ1) is 55.5. The van der Waals surface area contributed by atoms with Crippen molar-refractivity contribution in [3.8, 4) is 11.8 Å². The van der Waals surface area contributed by atoms with Gasteiger partial charge in [-0.15, -0.1) is 20.5 Å². The predicted octanol–water partition coefficient (Wildman–Crippen LogP) is 10.2. The fraction of sp³-hybridized carbons (Fsp3) is 0.542. The van der Waals surface area contributed by atoms with Gasteiger partial charge in [-0.2, -0.15) is 16.8 Å². The maximum atomic E-state index is 13.6. The van der Waals surface area contributed by atoms with Gasteiger partial charge in [-0.25, -0.2) is 0 Å². The minimum absolute atomic E-state index is 0.0126. The largest absolute Gasteiger partial charge is 0.494 e. The highest BCUT2D eigenvalue weighted by molar-refractivity contribution is 7.85. The molecule has 2 atom stereocenters. The van der Waals surface area contributed by atoms with Crippen LogP contribution in [0, 0.1) is 31.6 Å². The molecule has 68 heavy (non-hydrogen) atoms. The summed E-state index contributed by atoms with van der Waals surface area (Å²) in [6, 6.07) is 10.9. The maximum Gasteiger partial charge on any atom is 0.281 e. The number of pyridine rings is 2. The van der Waals surface area contributed by atoms with E-state index in [1.54, 1.807) is 26.0 Å². The Hall–Kier alpha value is -5.12. The van der Waals surface area contributed by atoms with Crippen LogP contribution in [0.2, 0.25) is 0 Å². The van der Waals surface area contributed by atoms with Gasteiger partial charge in [-0.3, -0.25) is 27.8 Å². The number of rotatable bonds is 23. The molecule has 2 heterocycles. The molecule has 0 aliphatic carbocycles. The van der Waals surface area contributed by atoms with E-state index in [2.05, 4.69) is 34.3 Å². The molecule has 2 aromatic carbocycles. The standard InChI is InChI=1S/C48H68N6O12S2/c1-11-29(12-2)40(32-19-21-38(34(23-32)43(55)30(13-3)14-4)49-51-41-27(9)36(25-67(61,62)63)45(57)53(17-7)47(41)59)33-20-22-39(35(24-33)44(56)31(15-5)16-6)50-52-42-28(10)37(26-68(64,65)66)46(58)54(18-8)48(42)60/h19-24,29-31,40,43-44,55-58H,11-18,25-26H2,1-10H3,(H,61,62,63)(H,64,65,66). The first-order chi connectivity index (χ1) is 32.0. The number of aromatic hydroxyl groups is 2. The Labute approximate surface area is 399 Å². The van der Waals surface area contributed by atoms with E-state index >= 15 is 0 Å². The number of aliphatic hydroxyl groups is 2. The highest BCUT2D eigenvalue weighted by atomic mass is 32.2. The predicted molar refractivity (Wildman–Crippen MR) is 261 cm³/mol. The highest BCUT2D eigenvalue weighted by Crippen LogP contribution is 2.44. The first-order valence-corrected chi connectivity index (χ1v) is 26.5. The van der Waals surface area contributed by atoms with Crippen LogP contribution in [0.4, 0.5) is 22.7 Å². The molecule has 374 valence electrons. The number of azo groups is 2. The molecule has 4 aromatic rings. The Morgan fingerprint density at radius 1 is 0.529 bits per heavy atom. The molecule has 0 aliphatic rings. The zero-order valence-electron chi connectivity index (χ0n) is 40.6. The van der Waals surface area contributed by atoms with Gasteiger partial charge in [0.25, 0.3) is 31.4 Å². The van der Waals surface area contributed by atoms with Crippen LogP contribution in [0.3, 0.4) is 0 Å². The number of benzene rings is 2. The molecule has 0 bridgehead atoms. The number of aliphatic hydroxyl groups excluding tert-OH is 2. The van der Waals surface area contributed by atoms with Gasteiger partial charge in [-0.1, -0.05) is 104 Å². The van der Waals surface area contributed by atoms with Crippen LogP contribution in [0.1, 0.15) is 157 Å². The van der Waals surface area contributed by atoms with Crippen LogP contribution in [0.15, 0.2) is 66.4 Å². The van der Waals surface area contributed by atoms with Crippen LogP contribution in [-0.2, 0) is 44.8 Å². The van der Waals surface area contributed by atoms with E-state index in [9.17, 15) is 56.0 Å². The second-order valence-electron chi connectivity index (χ2n) is 17.2. The Morgan fingerprint density at radius 2 is 0.853 bits per heavy atom. The number of hydrogen-bond acceptors (Lipinski definition) is 14. The third-order valence-corrected chi connectivity index (χ3v) is 14.6. The van der Waals surface area contributed by atoms with Crippen LogP contribution >= 0.6 is 0 Å². The molecule has 0 fully saturated rings. The van der Waals surface area contributed by atoms with Crippen LogP contribution in [0.25, 0.3) is 0 Å². The summed E-state index contributed by atoms with van der Waals surface area (Å²) in [5, 5.41) is 63.2. The normalized spacial score (nSPS) is 14.0. The van der Waals surface area contributed by atoms with Gasteiger partial charge >= 0.3 is 0 Å². The van der Waals surface area contributed by atoms with Crippen molar-refractivity contribution in [3.05, 3.63) is 102 Å². The topological polar surface area (TPSA) is 283 Å². The van der Waals surface area contributed by atoms with Crippen molar-refractivity contribution in [1.29, 1.82) is 0 Å². The molecule has 0 aliphatic heterocycles. The Balaban J connectivity index is 2.01. The van der Waals surface area contributed by atoms with Crippen molar-refractivity contribution in [2.75, 3.05) is 0 Å². The van der Waals surface area contributed by atoms with Gasteiger partial charge in [0.2, 0.25) is 0 Å². The lowest BCUT2D eigenvalue weighted by Gasteiger charge is -2.30. The maximum absolute atomic E-state index is 13.6. The average molecular weight is 985 g/mol. The monoisotopic (exact) mass is 984 g/mol. The SMILES string of the molecule is CCC(CC)C(O)c1cc(C(c2ccc(N=Nc3c(C)c(CS(=O)(=O)O)c(O)n(CC)c3=O)c(C(O)C(CC)CC)c2)C(CC)CC)ccc1N=Nc1c(C)c(CS(=O)(=O)O)c(O)n(CC)c1=O. The summed E-state index contributed by atoms with van der Waals surface area (Å²) in [7, 11) is -9.24. The summed E-state index contributed by atoms with van der Waals surface area (Å²) in [6.45, 7) is 17.9. The summed E-state index contributed by atoms with van der Waals surface area (Å²) in [5.74, 6) is -3.83. The second kappa shape index (κ2) is 23.5. The third kappa shape index (κ3) is 12.4. The fourth-order valence-corrected chi connectivity index (χ4v) is 10.5. The summed E-state index contributed by atoms with van der Waals surface area (Å²) in [6.07, 6.45) is 1.91. The average Bonchev–Trinajstić information content (AvgIpc) is 3.29. The molecule has 20 heteroatoms. The lowest BCUT2D eigenvalue weighted by Crippen LogP contribution is -2.22. The van der Waals surface area contributed by atoms with E-state index in [1.165, 1.54) is 13.8 Å². The van der Waals surface area contributed by atoms with Crippen LogP contribution < -0.4 is 11.1 Å². The lowest BCUT2D eigenvalue weighted by molar-refractivity contribution is 0.103. The minimum Gasteiger partial charge on any atom is -0.494 e. The van der Waals surface area contributed by atoms with Gasteiger partial charge in [0.05, 0.1) is 23.6 Å². The molecule has 2 aromatic heterocycles. The van der Waals surface area contributed by atoms with E-state index in [0.29, 0.717) is 36.8 Å². The van der Waals surface area contributed by atoms with Crippen molar-refractivity contribution in [2.24, 2.45) is 38.2 Å². The molecule has 0 spiro atoms.